The van der Waals surface area contributed by atoms with Crippen LogP contribution in [0.3, 0.4) is 0 Å². The highest BCUT2D eigenvalue weighted by molar-refractivity contribution is 7.14. The maximum Gasteiger partial charge on any atom is 0.163 e. The van der Waals surface area contributed by atoms with Crippen LogP contribution in [0.5, 0.6) is 0 Å². The molecule has 0 spiro atoms. The molecule has 2 unspecified atom stereocenters. The Morgan fingerprint density at radius 3 is 1.74 bits per heavy atom. The Kier molecular flexibility index (Phi) is 6.62. The molecule has 0 amide bonds. The van der Waals surface area contributed by atoms with Gasteiger partial charge in [-0.25, -0.2) is 0 Å². The molecule has 0 saturated heterocycles. The van der Waals surface area contributed by atoms with Crippen LogP contribution in [0.15, 0.2) is 83.4 Å². The lowest BCUT2D eigenvalue weighted by molar-refractivity contribution is 0.847. The molecule has 0 nitrogen and oxygen atoms in total. The first-order valence-electron chi connectivity index (χ1n) is 12.8. The molecule has 1 aliphatic carbocycles. The lowest BCUT2D eigenvalue weighted by Crippen LogP contribution is -2.74. The summed E-state index contributed by atoms with van der Waals surface area (Å²) in [7, 11) is -2.64. The summed E-state index contributed by atoms with van der Waals surface area (Å²) in [6.07, 6.45) is 6.20. The zero-order valence-electron chi connectivity index (χ0n) is 22.3. The molecule has 0 saturated carbocycles. The predicted octanol–water partition coefficient (Wildman–Crippen LogP) is 6.76. The highest BCUT2D eigenvalue weighted by Gasteiger charge is 2.57. The van der Waals surface area contributed by atoms with Crippen molar-refractivity contribution in [3.05, 3.63) is 112 Å². The number of benzene rings is 3. The van der Waals surface area contributed by atoms with Gasteiger partial charge < -0.3 is 0 Å². The van der Waals surface area contributed by atoms with Crippen molar-refractivity contribution in [2.24, 2.45) is 0 Å². The van der Waals surface area contributed by atoms with Crippen molar-refractivity contribution in [3.8, 4) is 0 Å². The first-order chi connectivity index (χ1) is 16.2. The average Bonchev–Trinajstić information content (AvgIpc) is 3.04. The Morgan fingerprint density at radius 2 is 1.26 bits per heavy atom. The van der Waals surface area contributed by atoms with Gasteiger partial charge in [-0.15, -0.1) is 0 Å². The van der Waals surface area contributed by atoms with E-state index in [0.29, 0.717) is 0 Å². The van der Waals surface area contributed by atoms with Gasteiger partial charge in [-0.2, -0.15) is 0 Å². The molecule has 34 heavy (non-hydrogen) atoms. The van der Waals surface area contributed by atoms with Crippen molar-refractivity contribution >= 4 is 23.6 Å². The highest BCUT2D eigenvalue weighted by atomic mass is 28.3. The summed E-state index contributed by atoms with van der Waals surface area (Å²) in [6, 6.07) is 25.7. The Balaban J connectivity index is 2.30. The molecule has 0 aromatic heterocycles. The number of rotatable bonds is 6. The smallest absolute Gasteiger partial charge is 0.0624 e. The maximum atomic E-state index is 4.10. The molecule has 0 aliphatic heterocycles. The van der Waals surface area contributed by atoms with E-state index in [1.54, 1.807) is 5.19 Å². The van der Waals surface area contributed by atoms with Gasteiger partial charge in [-0.3, -0.25) is 0 Å². The SMILES string of the molecule is CCc1cc(CC)cc([Si](c2ccccc2)(c2c(C)cccc2C)C2(C)[C]=C(C)C(C)=C2C)c1. The molecule has 4 rings (SSSR count). The van der Waals surface area contributed by atoms with E-state index in [0.717, 1.165) is 12.8 Å². The Labute approximate surface area is 208 Å². The van der Waals surface area contributed by atoms with Gasteiger partial charge in [0.2, 0.25) is 0 Å². The van der Waals surface area contributed by atoms with E-state index < -0.39 is 8.07 Å². The normalized spacial score (nSPS) is 19.8. The van der Waals surface area contributed by atoms with Crippen LogP contribution < -0.4 is 15.6 Å². The number of aryl methyl sites for hydroxylation is 4. The van der Waals surface area contributed by atoms with E-state index in [4.69, 9.17) is 0 Å². The van der Waals surface area contributed by atoms with Gasteiger partial charge >= 0.3 is 0 Å². The lowest BCUT2D eigenvalue weighted by Gasteiger charge is -2.48. The molecular weight excluding hydrogens is 424 g/mol. The summed E-state index contributed by atoms with van der Waals surface area (Å²) in [5.41, 5.74) is 9.86. The van der Waals surface area contributed by atoms with Crippen molar-refractivity contribution in [2.45, 2.75) is 73.3 Å². The summed E-state index contributed by atoms with van der Waals surface area (Å²) >= 11 is 0. The third-order valence-electron chi connectivity index (χ3n) is 8.43. The summed E-state index contributed by atoms with van der Waals surface area (Å²) in [5, 5.41) is 4.36. The van der Waals surface area contributed by atoms with Crippen molar-refractivity contribution in [1.29, 1.82) is 0 Å². The fraction of sp³-hybridized carbons (Fsp3) is 0.333. The molecule has 0 heterocycles. The second-order valence-electron chi connectivity index (χ2n) is 10.3. The standard InChI is InChI=1S/C33H39Si/c1-9-28-19-29(10-2)21-31(20-28)34(30-17-12-11-13-18-30,32-23(3)15-14-16-24(32)4)33(8)22-25(5)26(6)27(33)7/h11-21H,9-10H2,1-8H3. The van der Waals surface area contributed by atoms with Gasteiger partial charge in [-0.05, 0) is 91.4 Å². The molecule has 0 N–H and O–H groups in total. The molecule has 0 fully saturated rings. The van der Waals surface area contributed by atoms with Crippen LogP contribution in [0.2, 0.25) is 5.04 Å². The summed E-state index contributed by atoms with van der Waals surface area (Å²) in [5.74, 6) is 0. The minimum atomic E-state index is -2.64. The van der Waals surface area contributed by atoms with E-state index in [1.807, 2.05) is 0 Å². The summed E-state index contributed by atoms with van der Waals surface area (Å²) in [6.45, 7) is 18.6. The first kappa shape index (κ1) is 24.5. The third kappa shape index (κ3) is 3.57. The molecule has 1 aliphatic rings. The van der Waals surface area contributed by atoms with Crippen molar-refractivity contribution in [1.82, 2.24) is 0 Å². The Morgan fingerprint density at radius 1 is 0.706 bits per heavy atom. The van der Waals surface area contributed by atoms with Crippen LogP contribution in [0.4, 0.5) is 0 Å². The van der Waals surface area contributed by atoms with Crippen LogP contribution in [0.1, 0.15) is 63.8 Å². The zero-order valence-corrected chi connectivity index (χ0v) is 23.3. The summed E-state index contributed by atoms with van der Waals surface area (Å²) < 4.78 is 0. The van der Waals surface area contributed by atoms with Gasteiger partial charge in [0.25, 0.3) is 0 Å². The van der Waals surface area contributed by atoms with Crippen LogP contribution in [0.25, 0.3) is 0 Å². The largest absolute Gasteiger partial charge is 0.163 e. The molecule has 1 radical (unpaired) electrons. The zero-order chi connectivity index (χ0) is 24.7. The minimum Gasteiger partial charge on any atom is -0.0624 e. The Bertz CT molecular complexity index is 1230. The predicted molar refractivity (Wildman–Crippen MR) is 151 cm³/mol. The average molecular weight is 464 g/mol. The topological polar surface area (TPSA) is 0 Å². The Hall–Kier alpha value is -2.64. The van der Waals surface area contributed by atoms with Crippen LogP contribution in [0, 0.1) is 19.9 Å². The van der Waals surface area contributed by atoms with Crippen LogP contribution in [-0.4, -0.2) is 8.07 Å². The first-order valence-corrected chi connectivity index (χ1v) is 14.8. The summed E-state index contributed by atoms with van der Waals surface area (Å²) in [4.78, 5) is 0. The molecule has 3 aromatic rings. The molecule has 175 valence electrons. The van der Waals surface area contributed by atoms with Crippen molar-refractivity contribution < 1.29 is 0 Å². The molecule has 0 bridgehead atoms. The van der Waals surface area contributed by atoms with Crippen LogP contribution >= 0.6 is 0 Å². The molecular formula is C33H39Si. The number of hydrogen-bond acceptors (Lipinski definition) is 0. The van der Waals surface area contributed by atoms with Gasteiger partial charge in [0.1, 0.15) is 0 Å². The monoisotopic (exact) mass is 463 g/mol. The third-order valence-corrected chi connectivity index (χ3v) is 14.3. The van der Waals surface area contributed by atoms with Crippen molar-refractivity contribution in [2.75, 3.05) is 0 Å². The van der Waals surface area contributed by atoms with E-state index in [1.165, 1.54) is 49.3 Å². The van der Waals surface area contributed by atoms with E-state index in [2.05, 4.69) is 128 Å². The molecule has 1 heteroatoms. The highest BCUT2D eigenvalue weighted by Crippen LogP contribution is 2.52. The maximum absolute atomic E-state index is 4.10. The van der Waals surface area contributed by atoms with Gasteiger partial charge in [-0.1, -0.05) is 104 Å². The molecule has 2 atom stereocenters. The fourth-order valence-electron chi connectivity index (χ4n) is 6.36. The lowest BCUT2D eigenvalue weighted by atomic mass is 10.0. The van der Waals surface area contributed by atoms with E-state index in [-0.39, 0.29) is 5.04 Å². The van der Waals surface area contributed by atoms with Gasteiger partial charge in [0.05, 0.1) is 0 Å². The fourth-order valence-corrected chi connectivity index (χ4v) is 12.9. The van der Waals surface area contributed by atoms with Gasteiger partial charge in [0.15, 0.2) is 8.07 Å². The van der Waals surface area contributed by atoms with E-state index in [9.17, 15) is 0 Å². The number of allylic oxidation sites excluding steroid dienone is 4. The minimum absolute atomic E-state index is 0.184. The van der Waals surface area contributed by atoms with Crippen molar-refractivity contribution in [3.63, 3.8) is 0 Å². The second-order valence-corrected chi connectivity index (χ2v) is 14.4. The molecule has 3 aromatic carbocycles. The second kappa shape index (κ2) is 9.19. The quantitative estimate of drug-likeness (QED) is 0.280. The van der Waals surface area contributed by atoms with Gasteiger partial charge in [0, 0.05) is 5.04 Å². The number of hydrogen-bond donors (Lipinski definition) is 0. The van der Waals surface area contributed by atoms with Crippen LogP contribution in [-0.2, 0) is 12.8 Å². The van der Waals surface area contributed by atoms with E-state index >= 15 is 0 Å².